The molecule has 0 radical (unpaired) electrons. The second-order valence-corrected chi connectivity index (χ2v) is 6.44. The Kier molecular flexibility index (Phi) is 4.79. The molecule has 1 aromatic heterocycles. The highest BCUT2D eigenvalue weighted by molar-refractivity contribution is 5.99. The van der Waals surface area contributed by atoms with Crippen molar-refractivity contribution in [2.75, 3.05) is 5.32 Å². The van der Waals surface area contributed by atoms with Gasteiger partial charge in [0, 0.05) is 24.8 Å². The molecule has 2 aromatic carbocycles. The third kappa shape index (κ3) is 3.84. The zero-order valence-corrected chi connectivity index (χ0v) is 14.8. The van der Waals surface area contributed by atoms with Crippen molar-refractivity contribution in [2.24, 2.45) is 0 Å². The zero-order chi connectivity index (χ0) is 20.5. The molecule has 0 spiro atoms. The van der Waals surface area contributed by atoms with Crippen LogP contribution in [0.3, 0.4) is 0 Å². The molecule has 0 saturated heterocycles. The number of aromatic nitrogens is 1. The normalized spacial score (nSPS) is 15.7. The van der Waals surface area contributed by atoms with Gasteiger partial charge < -0.3 is 15.4 Å². The van der Waals surface area contributed by atoms with Crippen molar-refractivity contribution in [2.45, 2.75) is 19.1 Å². The molecule has 9 heteroatoms. The fourth-order valence-corrected chi connectivity index (χ4v) is 3.22. The number of halogens is 3. The number of benzene rings is 2. The number of pyridine rings is 1. The molecule has 1 unspecified atom stereocenters. The molecule has 3 aromatic rings. The number of rotatable bonds is 4. The lowest BCUT2D eigenvalue weighted by Gasteiger charge is -2.26. The molecule has 2 amide bonds. The van der Waals surface area contributed by atoms with Crippen LogP contribution >= 0.6 is 0 Å². The van der Waals surface area contributed by atoms with Gasteiger partial charge in [-0.25, -0.2) is 4.39 Å². The third-order valence-electron chi connectivity index (χ3n) is 4.52. The van der Waals surface area contributed by atoms with Crippen LogP contribution in [0.5, 0.6) is 5.75 Å². The summed E-state index contributed by atoms with van der Waals surface area (Å²) < 4.78 is 42.7. The van der Waals surface area contributed by atoms with Crippen LogP contribution in [0.25, 0.3) is 10.9 Å². The Morgan fingerprint density at radius 1 is 1.28 bits per heavy atom. The summed E-state index contributed by atoms with van der Waals surface area (Å²) in [6.07, 6.45) is 1.32. The standard InChI is InChI=1S/C20H14F3N3O3.H2/c21-13-6-10-5-11(9-24-15(10)7-17(13)29-20(22)23)19(28)26-16-8-18(27)25-14-4-2-1-3-12(14)16;/h1-7,9,16,20H,8H2,(H,25,27)(H,26,28);1H. The van der Waals surface area contributed by atoms with E-state index in [1.165, 1.54) is 12.3 Å². The fraction of sp³-hybridized carbons (Fsp3) is 0.150. The molecule has 29 heavy (non-hydrogen) atoms. The van der Waals surface area contributed by atoms with Crippen molar-refractivity contribution in [3.8, 4) is 5.75 Å². The largest absolute Gasteiger partial charge is 0.432 e. The second kappa shape index (κ2) is 7.42. The average Bonchev–Trinajstić information content (AvgIpc) is 2.67. The van der Waals surface area contributed by atoms with E-state index in [9.17, 15) is 22.8 Å². The lowest BCUT2D eigenvalue weighted by atomic mass is 9.97. The molecule has 2 heterocycles. The number of nitrogens with one attached hydrogen (secondary N) is 2. The van der Waals surface area contributed by atoms with Gasteiger partial charge in [-0.05, 0) is 23.8 Å². The maximum atomic E-state index is 14.0. The first-order valence-corrected chi connectivity index (χ1v) is 8.64. The molecule has 0 saturated carbocycles. The molecule has 0 fully saturated rings. The minimum atomic E-state index is -3.16. The summed E-state index contributed by atoms with van der Waals surface area (Å²) in [5.74, 6) is -2.33. The Hall–Kier alpha value is -3.62. The molecule has 4 rings (SSSR count). The highest BCUT2D eigenvalue weighted by Crippen LogP contribution is 2.30. The second-order valence-electron chi connectivity index (χ2n) is 6.44. The van der Waals surface area contributed by atoms with Gasteiger partial charge in [0.15, 0.2) is 11.6 Å². The van der Waals surface area contributed by atoms with E-state index in [0.29, 0.717) is 5.69 Å². The van der Waals surface area contributed by atoms with E-state index in [1.54, 1.807) is 24.3 Å². The van der Waals surface area contributed by atoms with Gasteiger partial charge in [0.2, 0.25) is 5.91 Å². The molecule has 1 aliphatic rings. The van der Waals surface area contributed by atoms with Gasteiger partial charge in [-0.15, -0.1) is 0 Å². The Morgan fingerprint density at radius 2 is 2.07 bits per heavy atom. The quantitative estimate of drug-likeness (QED) is 0.689. The highest BCUT2D eigenvalue weighted by atomic mass is 19.3. The summed E-state index contributed by atoms with van der Waals surface area (Å²) in [5, 5.41) is 5.77. The van der Waals surface area contributed by atoms with Crippen LogP contribution in [0.15, 0.2) is 48.7 Å². The lowest BCUT2D eigenvalue weighted by molar-refractivity contribution is -0.116. The monoisotopic (exact) mass is 403 g/mol. The van der Waals surface area contributed by atoms with E-state index in [2.05, 4.69) is 20.4 Å². The third-order valence-corrected chi connectivity index (χ3v) is 4.52. The first-order valence-electron chi connectivity index (χ1n) is 8.64. The van der Waals surface area contributed by atoms with Gasteiger partial charge in [-0.3, -0.25) is 14.6 Å². The molecule has 0 aliphatic carbocycles. The summed E-state index contributed by atoms with van der Waals surface area (Å²) in [6.45, 7) is -3.16. The molecule has 1 aliphatic heterocycles. The van der Waals surface area contributed by atoms with E-state index in [1.807, 2.05) is 0 Å². The van der Waals surface area contributed by atoms with Crippen molar-refractivity contribution < 1.29 is 28.9 Å². The molecule has 2 N–H and O–H groups in total. The van der Waals surface area contributed by atoms with Crippen molar-refractivity contribution >= 4 is 28.4 Å². The number of anilines is 1. The molecular weight excluding hydrogens is 387 g/mol. The molecule has 0 bridgehead atoms. The Morgan fingerprint density at radius 3 is 2.86 bits per heavy atom. The Labute approximate surface area is 164 Å². The van der Waals surface area contributed by atoms with Crippen molar-refractivity contribution in [3.63, 3.8) is 0 Å². The molecule has 150 valence electrons. The molecule has 1 atom stereocenters. The number of para-hydroxylation sites is 1. The number of hydrogen-bond donors (Lipinski definition) is 2. The van der Waals surface area contributed by atoms with E-state index in [-0.39, 0.29) is 30.2 Å². The Balaban J connectivity index is 0.00000256. The van der Waals surface area contributed by atoms with Crippen LogP contribution in [0, 0.1) is 5.82 Å². The van der Waals surface area contributed by atoms with Gasteiger partial charge in [-0.1, -0.05) is 18.2 Å². The Bertz CT molecular complexity index is 1130. The summed E-state index contributed by atoms with van der Waals surface area (Å²) in [7, 11) is 0. The number of fused-ring (bicyclic) bond motifs is 2. The number of hydrogen-bond acceptors (Lipinski definition) is 4. The van der Waals surface area contributed by atoms with Crippen LogP contribution in [-0.4, -0.2) is 23.4 Å². The van der Waals surface area contributed by atoms with Crippen LogP contribution < -0.4 is 15.4 Å². The fourth-order valence-electron chi connectivity index (χ4n) is 3.22. The molecule has 6 nitrogen and oxygen atoms in total. The maximum absolute atomic E-state index is 14.0. The predicted octanol–water partition coefficient (Wildman–Crippen LogP) is 4.03. The average molecular weight is 403 g/mol. The van der Waals surface area contributed by atoms with Crippen LogP contribution in [0.2, 0.25) is 0 Å². The number of ether oxygens (including phenoxy) is 1. The van der Waals surface area contributed by atoms with Crippen LogP contribution in [0.4, 0.5) is 18.9 Å². The predicted molar refractivity (Wildman–Crippen MR) is 100 cm³/mol. The van der Waals surface area contributed by atoms with Crippen molar-refractivity contribution in [3.05, 3.63) is 65.6 Å². The number of nitrogens with zero attached hydrogens (tertiary/aromatic N) is 1. The van der Waals surface area contributed by atoms with E-state index in [0.717, 1.165) is 17.7 Å². The smallest absolute Gasteiger partial charge is 0.387 e. The summed E-state index contributed by atoms with van der Waals surface area (Å²) >= 11 is 0. The molecular formula is C20H16F3N3O3. The first kappa shape index (κ1) is 18.7. The van der Waals surface area contributed by atoms with Crippen molar-refractivity contribution in [1.29, 1.82) is 0 Å². The number of amides is 2. The first-order chi connectivity index (χ1) is 13.9. The summed E-state index contributed by atoms with van der Waals surface area (Å²) in [5.41, 5.74) is 1.73. The highest BCUT2D eigenvalue weighted by Gasteiger charge is 2.26. The minimum absolute atomic E-state index is 0. The van der Waals surface area contributed by atoms with Gasteiger partial charge >= 0.3 is 6.61 Å². The number of carbonyl (C=O) groups excluding carboxylic acids is 2. The van der Waals surface area contributed by atoms with Gasteiger partial charge in [0.1, 0.15) is 0 Å². The van der Waals surface area contributed by atoms with Crippen LogP contribution in [-0.2, 0) is 4.79 Å². The summed E-state index contributed by atoms with van der Waals surface area (Å²) in [6, 6.07) is 10.00. The van der Waals surface area contributed by atoms with Gasteiger partial charge in [0.05, 0.1) is 23.5 Å². The van der Waals surface area contributed by atoms with Crippen molar-refractivity contribution in [1.82, 2.24) is 10.3 Å². The topological polar surface area (TPSA) is 80.3 Å². The lowest BCUT2D eigenvalue weighted by Crippen LogP contribution is -2.35. The van der Waals surface area contributed by atoms with Crippen LogP contribution in [0.1, 0.15) is 29.8 Å². The SMILES string of the molecule is O=C1CC(NC(=O)c2cnc3cc(OC(F)F)c(F)cc3c2)c2ccccc2N1.[HH]. The summed E-state index contributed by atoms with van der Waals surface area (Å²) in [4.78, 5) is 28.6. The van der Waals surface area contributed by atoms with E-state index < -0.39 is 30.1 Å². The zero-order valence-electron chi connectivity index (χ0n) is 14.8. The minimum Gasteiger partial charge on any atom is -0.432 e. The maximum Gasteiger partial charge on any atom is 0.387 e. The van der Waals surface area contributed by atoms with Gasteiger partial charge in [0.25, 0.3) is 5.91 Å². The van der Waals surface area contributed by atoms with Gasteiger partial charge in [-0.2, -0.15) is 8.78 Å². The van der Waals surface area contributed by atoms with E-state index >= 15 is 0 Å². The number of carbonyl (C=O) groups is 2. The number of alkyl halides is 2. The van der Waals surface area contributed by atoms with E-state index in [4.69, 9.17) is 0 Å².